The van der Waals surface area contributed by atoms with Crippen LogP contribution >= 0.6 is 0 Å². The van der Waals surface area contributed by atoms with Crippen LogP contribution < -0.4 is 5.73 Å². The number of nitrogens with two attached hydrogens (primary N) is 1. The second-order valence-electron chi connectivity index (χ2n) is 3.13. The van der Waals surface area contributed by atoms with Gasteiger partial charge in [-0.15, -0.1) is 0 Å². The molecule has 2 N–H and O–H groups in total. The lowest BCUT2D eigenvalue weighted by molar-refractivity contribution is 0.375. The SMILES string of the molecule is CCc1nc([C@@H](N)c2ccccn2)no1. The van der Waals surface area contributed by atoms with Crippen molar-refractivity contribution in [1.82, 2.24) is 15.1 Å². The lowest BCUT2D eigenvalue weighted by Crippen LogP contribution is -2.14. The van der Waals surface area contributed by atoms with Crippen molar-refractivity contribution in [3.63, 3.8) is 0 Å². The van der Waals surface area contributed by atoms with Gasteiger partial charge >= 0.3 is 0 Å². The molecule has 0 amide bonds. The number of hydrogen-bond donors (Lipinski definition) is 1. The summed E-state index contributed by atoms with van der Waals surface area (Å²) in [5.74, 6) is 1.07. The van der Waals surface area contributed by atoms with Crippen LogP contribution in [0.3, 0.4) is 0 Å². The van der Waals surface area contributed by atoms with Crippen molar-refractivity contribution in [1.29, 1.82) is 0 Å². The highest BCUT2D eigenvalue weighted by atomic mass is 16.5. The molecule has 0 saturated heterocycles. The van der Waals surface area contributed by atoms with E-state index < -0.39 is 6.04 Å². The molecule has 0 aliphatic rings. The molecule has 2 heterocycles. The molecule has 0 aromatic carbocycles. The Morgan fingerprint density at radius 1 is 1.47 bits per heavy atom. The normalized spacial score (nSPS) is 12.7. The van der Waals surface area contributed by atoms with Gasteiger partial charge in [0.2, 0.25) is 5.89 Å². The first kappa shape index (κ1) is 9.79. The van der Waals surface area contributed by atoms with Gasteiger partial charge in [-0.1, -0.05) is 18.1 Å². The molecular weight excluding hydrogens is 192 g/mol. The van der Waals surface area contributed by atoms with E-state index in [-0.39, 0.29) is 0 Å². The van der Waals surface area contributed by atoms with Gasteiger partial charge in [0.1, 0.15) is 6.04 Å². The van der Waals surface area contributed by atoms with E-state index in [0.717, 1.165) is 5.69 Å². The van der Waals surface area contributed by atoms with E-state index in [2.05, 4.69) is 15.1 Å². The molecular formula is C10H12N4O. The number of rotatable bonds is 3. The van der Waals surface area contributed by atoms with Crippen LogP contribution in [0.1, 0.15) is 30.4 Å². The van der Waals surface area contributed by atoms with Gasteiger partial charge in [-0.2, -0.15) is 4.98 Å². The predicted molar refractivity (Wildman–Crippen MR) is 53.9 cm³/mol. The molecule has 78 valence electrons. The fraction of sp³-hybridized carbons (Fsp3) is 0.300. The van der Waals surface area contributed by atoms with Gasteiger partial charge in [-0.25, -0.2) is 0 Å². The molecule has 2 aromatic heterocycles. The second kappa shape index (κ2) is 4.18. The van der Waals surface area contributed by atoms with E-state index >= 15 is 0 Å². The maximum absolute atomic E-state index is 5.94. The minimum absolute atomic E-state index is 0.421. The van der Waals surface area contributed by atoms with E-state index in [1.54, 1.807) is 6.20 Å². The largest absolute Gasteiger partial charge is 0.339 e. The molecule has 0 fully saturated rings. The van der Waals surface area contributed by atoms with E-state index in [4.69, 9.17) is 10.3 Å². The Morgan fingerprint density at radius 3 is 2.93 bits per heavy atom. The number of hydrogen-bond acceptors (Lipinski definition) is 5. The van der Waals surface area contributed by atoms with Crippen molar-refractivity contribution in [2.45, 2.75) is 19.4 Å². The van der Waals surface area contributed by atoms with E-state index in [0.29, 0.717) is 18.1 Å². The molecule has 0 aliphatic heterocycles. The van der Waals surface area contributed by atoms with Gasteiger partial charge in [-0.05, 0) is 12.1 Å². The topological polar surface area (TPSA) is 77.8 Å². The Balaban J connectivity index is 2.24. The molecule has 5 nitrogen and oxygen atoms in total. The summed E-state index contributed by atoms with van der Waals surface area (Å²) in [7, 11) is 0. The van der Waals surface area contributed by atoms with Crippen LogP contribution in [0.5, 0.6) is 0 Å². The molecule has 5 heteroatoms. The van der Waals surface area contributed by atoms with Gasteiger partial charge in [0.15, 0.2) is 5.82 Å². The van der Waals surface area contributed by atoms with Gasteiger partial charge in [-0.3, -0.25) is 4.98 Å². The second-order valence-corrected chi connectivity index (χ2v) is 3.13. The number of pyridine rings is 1. The van der Waals surface area contributed by atoms with Crippen molar-refractivity contribution in [2.75, 3.05) is 0 Å². The first-order valence-electron chi connectivity index (χ1n) is 4.80. The van der Waals surface area contributed by atoms with E-state index in [1.165, 1.54) is 0 Å². The molecule has 2 rings (SSSR count). The van der Waals surface area contributed by atoms with Crippen LogP contribution in [0.2, 0.25) is 0 Å². The maximum Gasteiger partial charge on any atom is 0.226 e. The summed E-state index contributed by atoms with van der Waals surface area (Å²) in [6.45, 7) is 1.95. The van der Waals surface area contributed by atoms with Crippen molar-refractivity contribution in [3.05, 3.63) is 41.8 Å². The Hall–Kier alpha value is -1.75. The Morgan fingerprint density at radius 2 is 2.33 bits per heavy atom. The molecule has 2 aromatic rings. The quantitative estimate of drug-likeness (QED) is 0.809. The number of nitrogens with zero attached hydrogens (tertiary/aromatic N) is 3. The lowest BCUT2D eigenvalue weighted by Gasteiger charge is -2.04. The summed E-state index contributed by atoms with van der Waals surface area (Å²) in [5.41, 5.74) is 6.67. The zero-order valence-corrected chi connectivity index (χ0v) is 8.42. The smallest absolute Gasteiger partial charge is 0.226 e. The van der Waals surface area contributed by atoms with Gasteiger partial charge in [0.25, 0.3) is 0 Å². The molecule has 1 atom stereocenters. The number of aromatic nitrogens is 3. The third-order valence-corrected chi connectivity index (χ3v) is 2.07. The molecule has 0 aliphatic carbocycles. The summed E-state index contributed by atoms with van der Waals surface area (Å²) in [4.78, 5) is 8.31. The predicted octanol–water partition coefficient (Wildman–Crippen LogP) is 1.08. The van der Waals surface area contributed by atoms with Crippen LogP contribution in [-0.4, -0.2) is 15.1 Å². The lowest BCUT2D eigenvalue weighted by atomic mass is 10.2. The highest BCUT2D eigenvalue weighted by Crippen LogP contribution is 2.13. The summed E-state index contributed by atoms with van der Waals surface area (Å²) in [6, 6.07) is 5.13. The Labute approximate surface area is 87.3 Å². The highest BCUT2D eigenvalue weighted by Gasteiger charge is 2.16. The Kier molecular flexibility index (Phi) is 2.73. The molecule has 15 heavy (non-hydrogen) atoms. The van der Waals surface area contributed by atoms with Crippen LogP contribution in [0.15, 0.2) is 28.9 Å². The minimum atomic E-state index is -0.421. The average Bonchev–Trinajstić information content (AvgIpc) is 2.78. The van der Waals surface area contributed by atoms with Crippen LogP contribution in [-0.2, 0) is 6.42 Å². The standard InChI is InChI=1S/C10H12N4O/c1-2-8-13-10(14-15-8)9(11)7-5-3-4-6-12-7/h3-6,9H,2,11H2,1H3/t9-/m0/s1. The van der Waals surface area contributed by atoms with Crippen LogP contribution in [0.25, 0.3) is 0 Å². The monoisotopic (exact) mass is 204 g/mol. The van der Waals surface area contributed by atoms with Crippen molar-refractivity contribution in [2.24, 2.45) is 5.73 Å². The van der Waals surface area contributed by atoms with Gasteiger partial charge in [0, 0.05) is 12.6 Å². The van der Waals surface area contributed by atoms with Gasteiger partial charge < -0.3 is 10.3 Å². The molecule has 0 spiro atoms. The minimum Gasteiger partial charge on any atom is -0.339 e. The van der Waals surface area contributed by atoms with Crippen molar-refractivity contribution in [3.8, 4) is 0 Å². The number of aryl methyl sites for hydroxylation is 1. The van der Waals surface area contributed by atoms with Crippen molar-refractivity contribution >= 4 is 0 Å². The first-order valence-corrected chi connectivity index (χ1v) is 4.80. The summed E-state index contributed by atoms with van der Waals surface area (Å²) < 4.78 is 4.99. The van der Waals surface area contributed by atoms with Crippen LogP contribution in [0.4, 0.5) is 0 Å². The summed E-state index contributed by atoms with van der Waals surface area (Å²) in [6.07, 6.45) is 2.40. The summed E-state index contributed by atoms with van der Waals surface area (Å²) in [5, 5.41) is 3.81. The molecule has 0 radical (unpaired) electrons. The third kappa shape index (κ3) is 2.02. The van der Waals surface area contributed by atoms with E-state index in [9.17, 15) is 0 Å². The first-order chi connectivity index (χ1) is 7.31. The fourth-order valence-electron chi connectivity index (χ4n) is 1.23. The zero-order valence-electron chi connectivity index (χ0n) is 8.42. The fourth-order valence-corrected chi connectivity index (χ4v) is 1.23. The molecule has 0 bridgehead atoms. The Bertz CT molecular complexity index is 426. The van der Waals surface area contributed by atoms with Crippen LogP contribution in [0, 0.1) is 0 Å². The molecule has 0 saturated carbocycles. The highest BCUT2D eigenvalue weighted by molar-refractivity contribution is 5.15. The molecule has 0 unspecified atom stereocenters. The maximum atomic E-state index is 5.94. The van der Waals surface area contributed by atoms with Gasteiger partial charge in [0.05, 0.1) is 5.69 Å². The van der Waals surface area contributed by atoms with Crippen molar-refractivity contribution < 1.29 is 4.52 Å². The van der Waals surface area contributed by atoms with E-state index in [1.807, 2.05) is 25.1 Å². The summed E-state index contributed by atoms with van der Waals surface area (Å²) >= 11 is 0. The zero-order chi connectivity index (χ0) is 10.7. The third-order valence-electron chi connectivity index (χ3n) is 2.07. The average molecular weight is 204 g/mol.